The Morgan fingerprint density at radius 2 is 2.37 bits per heavy atom. The van der Waals surface area contributed by atoms with E-state index in [0.29, 0.717) is 17.7 Å². The highest BCUT2D eigenvalue weighted by atomic mass is 32.2. The Kier molecular flexibility index (Phi) is 3.91. The van der Waals surface area contributed by atoms with Crippen molar-refractivity contribution < 1.29 is 18.3 Å². The molecule has 2 rings (SSSR count). The maximum atomic E-state index is 12.4. The molecule has 2 heterocycles. The summed E-state index contributed by atoms with van der Waals surface area (Å²) in [7, 11) is -3.07. The average Bonchev–Trinajstić information content (AvgIpc) is 2.91. The van der Waals surface area contributed by atoms with E-state index in [1.807, 2.05) is 0 Å². The van der Waals surface area contributed by atoms with Crippen molar-refractivity contribution in [3.8, 4) is 0 Å². The molecule has 1 aliphatic rings. The zero-order valence-electron chi connectivity index (χ0n) is 10.7. The van der Waals surface area contributed by atoms with E-state index in [9.17, 15) is 13.2 Å². The van der Waals surface area contributed by atoms with Crippen LogP contribution in [0.5, 0.6) is 0 Å². The summed E-state index contributed by atoms with van der Waals surface area (Å²) in [5, 5.41) is 15.5. The maximum absolute atomic E-state index is 12.4. The van der Waals surface area contributed by atoms with Crippen molar-refractivity contribution in [3.05, 3.63) is 17.5 Å². The van der Waals surface area contributed by atoms with Crippen molar-refractivity contribution in [1.82, 2.24) is 15.1 Å². The minimum absolute atomic E-state index is 0.0321. The fraction of sp³-hybridized carbons (Fsp3) is 0.636. The lowest BCUT2D eigenvalue weighted by molar-refractivity contribution is 0.0654. The van der Waals surface area contributed by atoms with E-state index in [1.165, 1.54) is 11.1 Å². The van der Waals surface area contributed by atoms with Crippen LogP contribution in [-0.2, 0) is 9.84 Å². The lowest BCUT2D eigenvalue weighted by Gasteiger charge is -2.27. The van der Waals surface area contributed by atoms with Crippen molar-refractivity contribution in [2.75, 3.05) is 24.7 Å². The van der Waals surface area contributed by atoms with Crippen LogP contribution >= 0.6 is 0 Å². The van der Waals surface area contributed by atoms with Crippen molar-refractivity contribution >= 4 is 15.7 Å². The Morgan fingerprint density at radius 3 is 2.84 bits per heavy atom. The third kappa shape index (κ3) is 2.95. The van der Waals surface area contributed by atoms with Gasteiger partial charge >= 0.3 is 0 Å². The summed E-state index contributed by atoms with van der Waals surface area (Å²) in [6, 6.07) is -0.362. The molecule has 1 aliphatic heterocycles. The average molecular weight is 287 g/mol. The van der Waals surface area contributed by atoms with Crippen molar-refractivity contribution in [2.24, 2.45) is 0 Å². The number of carbonyl (C=O) groups excluding carboxylic acids is 1. The molecule has 8 heteroatoms. The van der Waals surface area contributed by atoms with Gasteiger partial charge in [-0.05, 0) is 13.3 Å². The molecular weight excluding hydrogens is 270 g/mol. The number of aryl methyl sites for hydroxylation is 1. The number of aliphatic hydroxyl groups excluding tert-OH is 1. The van der Waals surface area contributed by atoms with E-state index in [-0.39, 0.29) is 36.6 Å². The number of hydrogen-bond donors (Lipinski definition) is 2. The van der Waals surface area contributed by atoms with Gasteiger partial charge in [-0.2, -0.15) is 5.10 Å². The molecule has 0 spiro atoms. The van der Waals surface area contributed by atoms with Gasteiger partial charge in [0, 0.05) is 18.3 Å². The summed E-state index contributed by atoms with van der Waals surface area (Å²) in [4.78, 5) is 13.8. The van der Waals surface area contributed by atoms with Gasteiger partial charge in [0.2, 0.25) is 0 Å². The van der Waals surface area contributed by atoms with Gasteiger partial charge in [-0.15, -0.1) is 0 Å². The number of aliphatic hydroxyl groups is 1. The fourth-order valence-corrected chi connectivity index (χ4v) is 4.03. The first-order valence-electron chi connectivity index (χ1n) is 6.07. The Bertz CT molecular complexity index is 566. The molecule has 0 radical (unpaired) electrons. The number of aromatic amines is 1. The van der Waals surface area contributed by atoms with Gasteiger partial charge in [-0.3, -0.25) is 9.89 Å². The Balaban J connectivity index is 2.21. The maximum Gasteiger partial charge on any atom is 0.257 e. The van der Waals surface area contributed by atoms with E-state index in [2.05, 4.69) is 10.2 Å². The Labute approximate surface area is 111 Å². The quantitative estimate of drug-likeness (QED) is 0.765. The molecule has 19 heavy (non-hydrogen) atoms. The third-order valence-electron chi connectivity index (χ3n) is 3.31. The van der Waals surface area contributed by atoms with Crippen LogP contribution in [0.25, 0.3) is 0 Å². The number of rotatable bonds is 4. The van der Waals surface area contributed by atoms with Crippen molar-refractivity contribution in [2.45, 2.75) is 19.4 Å². The lowest BCUT2D eigenvalue weighted by atomic mass is 10.1. The van der Waals surface area contributed by atoms with Crippen molar-refractivity contribution in [1.29, 1.82) is 0 Å². The summed E-state index contributed by atoms with van der Waals surface area (Å²) in [5.41, 5.74) is 1.05. The zero-order chi connectivity index (χ0) is 14.0. The zero-order valence-corrected chi connectivity index (χ0v) is 11.5. The molecule has 1 aromatic heterocycles. The summed E-state index contributed by atoms with van der Waals surface area (Å²) in [6.07, 6.45) is 1.84. The number of aromatic nitrogens is 2. The number of H-pyrrole nitrogens is 1. The van der Waals surface area contributed by atoms with Crippen LogP contribution in [0.3, 0.4) is 0 Å². The lowest BCUT2D eigenvalue weighted by Crippen LogP contribution is -2.43. The predicted molar refractivity (Wildman–Crippen MR) is 68.5 cm³/mol. The molecule has 7 nitrogen and oxygen atoms in total. The number of amides is 1. The van der Waals surface area contributed by atoms with Crippen LogP contribution in [0, 0.1) is 6.92 Å². The highest BCUT2D eigenvalue weighted by Crippen LogP contribution is 2.20. The minimum Gasteiger partial charge on any atom is -0.395 e. The normalized spacial score (nSPS) is 21.5. The largest absolute Gasteiger partial charge is 0.395 e. The van der Waals surface area contributed by atoms with E-state index in [1.54, 1.807) is 6.92 Å². The van der Waals surface area contributed by atoms with Gasteiger partial charge < -0.3 is 10.0 Å². The number of carbonyl (C=O) groups is 1. The highest BCUT2D eigenvalue weighted by Gasteiger charge is 2.35. The van der Waals surface area contributed by atoms with E-state index < -0.39 is 9.84 Å². The number of nitrogens with one attached hydrogen (secondary N) is 1. The van der Waals surface area contributed by atoms with Gasteiger partial charge in [0.15, 0.2) is 9.84 Å². The second-order valence-electron chi connectivity index (χ2n) is 4.69. The molecule has 0 bridgehead atoms. The summed E-state index contributed by atoms with van der Waals surface area (Å²) >= 11 is 0. The van der Waals surface area contributed by atoms with Crippen LogP contribution in [0.4, 0.5) is 0 Å². The molecule has 1 saturated heterocycles. The molecule has 1 unspecified atom stereocenters. The number of hydrogen-bond acceptors (Lipinski definition) is 5. The van der Waals surface area contributed by atoms with Crippen LogP contribution in [-0.4, -0.2) is 65.2 Å². The minimum atomic E-state index is -3.07. The highest BCUT2D eigenvalue weighted by molar-refractivity contribution is 7.91. The molecule has 1 aromatic rings. The predicted octanol–water partition coefficient (Wildman–Crippen LogP) is -0.660. The molecule has 0 aromatic carbocycles. The molecule has 0 saturated carbocycles. The second-order valence-corrected chi connectivity index (χ2v) is 6.92. The Morgan fingerprint density at radius 1 is 1.63 bits per heavy atom. The molecule has 0 aliphatic carbocycles. The first-order chi connectivity index (χ1) is 8.94. The second kappa shape index (κ2) is 5.30. The van der Waals surface area contributed by atoms with Gasteiger partial charge in [0.25, 0.3) is 5.91 Å². The van der Waals surface area contributed by atoms with Crippen LogP contribution in [0.2, 0.25) is 0 Å². The van der Waals surface area contributed by atoms with E-state index in [0.717, 1.165) is 0 Å². The van der Waals surface area contributed by atoms with Crippen molar-refractivity contribution in [3.63, 3.8) is 0 Å². The molecule has 1 amide bonds. The first kappa shape index (κ1) is 14.0. The first-order valence-corrected chi connectivity index (χ1v) is 7.89. The van der Waals surface area contributed by atoms with Crippen LogP contribution < -0.4 is 0 Å². The third-order valence-corrected chi connectivity index (χ3v) is 5.06. The number of sulfone groups is 1. The topological polar surface area (TPSA) is 103 Å². The van der Waals surface area contributed by atoms with E-state index >= 15 is 0 Å². The SMILES string of the molecule is Cc1[nH]ncc1C(=O)N(CCO)C1CCS(=O)(=O)C1. The molecule has 1 fully saturated rings. The van der Waals surface area contributed by atoms with E-state index in [4.69, 9.17) is 5.11 Å². The van der Waals surface area contributed by atoms with Gasteiger partial charge in [0.1, 0.15) is 0 Å². The summed E-state index contributed by atoms with van der Waals surface area (Å²) < 4.78 is 23.0. The molecule has 106 valence electrons. The van der Waals surface area contributed by atoms with Gasteiger partial charge in [-0.25, -0.2) is 8.42 Å². The smallest absolute Gasteiger partial charge is 0.257 e. The molecule has 1 atom stereocenters. The summed E-state index contributed by atoms with van der Waals surface area (Å²) in [5.74, 6) is -0.227. The standard InChI is InChI=1S/C11H17N3O4S/c1-8-10(6-12-13-8)11(16)14(3-4-15)9-2-5-19(17,18)7-9/h6,9,15H,2-5,7H2,1H3,(H,12,13). The monoisotopic (exact) mass is 287 g/mol. The van der Waals surface area contributed by atoms with Gasteiger partial charge in [0.05, 0.1) is 29.9 Å². The molecular formula is C11H17N3O4S. The Hall–Kier alpha value is -1.41. The fourth-order valence-electron chi connectivity index (χ4n) is 2.30. The molecule has 2 N–H and O–H groups in total. The van der Waals surface area contributed by atoms with Crippen LogP contribution in [0.15, 0.2) is 6.20 Å². The van der Waals surface area contributed by atoms with Crippen LogP contribution in [0.1, 0.15) is 22.5 Å². The summed E-state index contributed by atoms with van der Waals surface area (Å²) in [6.45, 7) is 1.66. The number of nitrogens with zero attached hydrogens (tertiary/aromatic N) is 2. The van der Waals surface area contributed by atoms with Gasteiger partial charge in [-0.1, -0.05) is 0 Å².